The maximum Gasteiger partial charge on any atom is 0.130 e. The Hall–Kier alpha value is -0.930. The van der Waals surface area contributed by atoms with Crippen LogP contribution in [0.5, 0.6) is 0 Å². The fourth-order valence-electron chi connectivity index (χ4n) is 1.55. The normalized spacial score (nSPS) is 22.2. The van der Waals surface area contributed by atoms with Crippen LogP contribution in [0.3, 0.4) is 0 Å². The van der Waals surface area contributed by atoms with Gasteiger partial charge in [-0.05, 0) is 18.9 Å². The first-order valence-corrected chi connectivity index (χ1v) is 4.41. The van der Waals surface area contributed by atoms with Crippen LogP contribution in [-0.4, -0.2) is 6.61 Å². The van der Waals surface area contributed by atoms with Gasteiger partial charge in [0.15, 0.2) is 0 Å². The summed E-state index contributed by atoms with van der Waals surface area (Å²) in [5.41, 5.74) is 4.19. The van der Waals surface area contributed by atoms with E-state index >= 15 is 0 Å². The van der Waals surface area contributed by atoms with Gasteiger partial charge >= 0.3 is 0 Å². The number of hydrogen-bond donors (Lipinski definition) is 1. The maximum atomic E-state index is 13.6. The molecule has 1 N–H and O–H groups in total. The van der Waals surface area contributed by atoms with Crippen molar-refractivity contribution in [2.75, 3.05) is 6.61 Å². The molecule has 2 nitrogen and oxygen atoms in total. The molecule has 1 aromatic carbocycles. The molecule has 1 aromatic rings. The van der Waals surface area contributed by atoms with E-state index in [1.807, 2.05) is 6.07 Å². The minimum Gasteiger partial charge on any atom is -0.301 e. The average Bonchev–Trinajstić information content (AvgIpc) is 2.62. The summed E-state index contributed by atoms with van der Waals surface area (Å²) in [6.45, 7) is 2.42. The zero-order valence-corrected chi connectivity index (χ0v) is 7.51. The molecule has 1 heterocycles. The fourth-order valence-corrected chi connectivity index (χ4v) is 1.55. The van der Waals surface area contributed by atoms with Gasteiger partial charge in [-0.2, -0.15) is 5.48 Å². The highest BCUT2D eigenvalue weighted by atomic mass is 19.1. The standard InChI is InChI=1S/C10H12FNO/c1-7-3-2-4-8(10(7)11)9-5-6-13-12-9/h2-4,9,12H,5-6H2,1H3/t9-/m1/s1. The van der Waals surface area contributed by atoms with Crippen LogP contribution in [0.2, 0.25) is 0 Å². The van der Waals surface area contributed by atoms with E-state index in [-0.39, 0.29) is 11.9 Å². The molecule has 0 aromatic heterocycles. The topological polar surface area (TPSA) is 21.3 Å². The number of hydrogen-bond acceptors (Lipinski definition) is 2. The van der Waals surface area contributed by atoms with Gasteiger partial charge in [0.2, 0.25) is 0 Å². The highest BCUT2D eigenvalue weighted by Crippen LogP contribution is 2.24. The van der Waals surface area contributed by atoms with Gasteiger partial charge < -0.3 is 4.84 Å². The van der Waals surface area contributed by atoms with Gasteiger partial charge in [0.25, 0.3) is 0 Å². The second kappa shape index (κ2) is 3.44. The number of hydroxylamine groups is 1. The smallest absolute Gasteiger partial charge is 0.130 e. The number of nitrogens with one attached hydrogen (secondary N) is 1. The third-order valence-corrected chi connectivity index (χ3v) is 2.33. The molecule has 0 bridgehead atoms. The van der Waals surface area contributed by atoms with Gasteiger partial charge in [0.1, 0.15) is 5.82 Å². The predicted molar refractivity (Wildman–Crippen MR) is 47.6 cm³/mol. The van der Waals surface area contributed by atoms with Crippen molar-refractivity contribution < 1.29 is 9.23 Å². The zero-order valence-electron chi connectivity index (χ0n) is 7.51. The van der Waals surface area contributed by atoms with Crippen LogP contribution in [0, 0.1) is 12.7 Å². The average molecular weight is 181 g/mol. The summed E-state index contributed by atoms with van der Waals surface area (Å²) in [7, 11) is 0. The van der Waals surface area contributed by atoms with E-state index in [4.69, 9.17) is 4.84 Å². The van der Waals surface area contributed by atoms with Crippen molar-refractivity contribution >= 4 is 0 Å². The zero-order chi connectivity index (χ0) is 9.26. The Balaban J connectivity index is 2.33. The Morgan fingerprint density at radius 1 is 1.54 bits per heavy atom. The lowest BCUT2D eigenvalue weighted by atomic mass is 10.0. The molecule has 1 aliphatic rings. The molecular formula is C10H12FNO. The van der Waals surface area contributed by atoms with Crippen molar-refractivity contribution in [1.82, 2.24) is 5.48 Å². The highest BCUT2D eigenvalue weighted by Gasteiger charge is 2.20. The van der Waals surface area contributed by atoms with Crippen LogP contribution in [0.15, 0.2) is 18.2 Å². The van der Waals surface area contributed by atoms with E-state index in [9.17, 15) is 4.39 Å². The number of aryl methyl sites for hydroxylation is 1. The quantitative estimate of drug-likeness (QED) is 0.716. The van der Waals surface area contributed by atoms with E-state index in [0.29, 0.717) is 17.7 Å². The van der Waals surface area contributed by atoms with Crippen LogP contribution in [0.25, 0.3) is 0 Å². The highest BCUT2D eigenvalue weighted by molar-refractivity contribution is 5.27. The molecule has 1 saturated heterocycles. The lowest BCUT2D eigenvalue weighted by molar-refractivity contribution is 0.0877. The van der Waals surface area contributed by atoms with Crippen molar-refractivity contribution in [3.05, 3.63) is 35.1 Å². The van der Waals surface area contributed by atoms with Crippen molar-refractivity contribution in [1.29, 1.82) is 0 Å². The molecule has 1 atom stereocenters. The number of benzene rings is 1. The summed E-state index contributed by atoms with van der Waals surface area (Å²) < 4.78 is 13.6. The molecule has 0 amide bonds. The third kappa shape index (κ3) is 1.57. The summed E-state index contributed by atoms with van der Waals surface area (Å²) in [5.74, 6) is -0.120. The van der Waals surface area contributed by atoms with Crippen LogP contribution < -0.4 is 5.48 Å². The molecule has 0 spiro atoms. The SMILES string of the molecule is Cc1cccc([C@H]2CCON2)c1F. The van der Waals surface area contributed by atoms with Crippen LogP contribution in [0.1, 0.15) is 23.6 Å². The van der Waals surface area contributed by atoms with Gasteiger partial charge in [-0.25, -0.2) is 4.39 Å². The van der Waals surface area contributed by atoms with E-state index in [1.165, 1.54) is 0 Å². The van der Waals surface area contributed by atoms with E-state index < -0.39 is 0 Å². The molecule has 3 heteroatoms. The van der Waals surface area contributed by atoms with Gasteiger partial charge in [-0.3, -0.25) is 0 Å². The van der Waals surface area contributed by atoms with Crippen LogP contribution in [0.4, 0.5) is 4.39 Å². The second-order valence-electron chi connectivity index (χ2n) is 3.29. The summed E-state index contributed by atoms with van der Waals surface area (Å²) in [6, 6.07) is 5.46. The molecule has 0 unspecified atom stereocenters. The summed E-state index contributed by atoms with van der Waals surface area (Å²) in [6.07, 6.45) is 0.834. The molecule has 0 aliphatic carbocycles. The van der Waals surface area contributed by atoms with Crippen LogP contribution in [-0.2, 0) is 4.84 Å². The van der Waals surface area contributed by atoms with Gasteiger partial charge in [0.05, 0.1) is 12.6 Å². The van der Waals surface area contributed by atoms with Crippen molar-refractivity contribution in [3.63, 3.8) is 0 Å². The van der Waals surface area contributed by atoms with Crippen molar-refractivity contribution in [2.45, 2.75) is 19.4 Å². The lowest BCUT2D eigenvalue weighted by Crippen LogP contribution is -2.13. The van der Waals surface area contributed by atoms with Gasteiger partial charge in [-0.15, -0.1) is 0 Å². The first kappa shape index (κ1) is 8.66. The lowest BCUT2D eigenvalue weighted by Gasteiger charge is -2.10. The second-order valence-corrected chi connectivity index (χ2v) is 3.29. The molecule has 1 aliphatic heterocycles. The Kier molecular flexibility index (Phi) is 2.29. The van der Waals surface area contributed by atoms with Crippen LogP contribution >= 0.6 is 0 Å². The van der Waals surface area contributed by atoms with Gasteiger partial charge in [-0.1, -0.05) is 18.2 Å². The maximum absolute atomic E-state index is 13.6. The minimum absolute atomic E-state index is 0.0138. The first-order valence-electron chi connectivity index (χ1n) is 4.41. The summed E-state index contributed by atoms with van der Waals surface area (Å²) in [5, 5.41) is 0. The van der Waals surface area contributed by atoms with E-state index in [0.717, 1.165) is 6.42 Å². The number of halogens is 1. The largest absolute Gasteiger partial charge is 0.301 e. The molecule has 70 valence electrons. The fraction of sp³-hybridized carbons (Fsp3) is 0.400. The molecule has 0 saturated carbocycles. The molecule has 2 rings (SSSR count). The molecule has 0 radical (unpaired) electrons. The Bertz CT molecular complexity index is 308. The monoisotopic (exact) mass is 181 g/mol. The molecular weight excluding hydrogens is 169 g/mol. The minimum atomic E-state index is -0.120. The number of rotatable bonds is 1. The summed E-state index contributed by atoms with van der Waals surface area (Å²) in [4.78, 5) is 4.99. The van der Waals surface area contributed by atoms with Crippen molar-refractivity contribution in [3.8, 4) is 0 Å². The van der Waals surface area contributed by atoms with Gasteiger partial charge in [0, 0.05) is 5.56 Å². The van der Waals surface area contributed by atoms with E-state index in [2.05, 4.69) is 5.48 Å². The van der Waals surface area contributed by atoms with Crippen molar-refractivity contribution in [2.24, 2.45) is 0 Å². The molecule has 1 fully saturated rings. The summed E-state index contributed by atoms with van der Waals surface area (Å²) >= 11 is 0. The molecule has 13 heavy (non-hydrogen) atoms. The Morgan fingerprint density at radius 2 is 2.38 bits per heavy atom. The van der Waals surface area contributed by atoms with E-state index in [1.54, 1.807) is 19.1 Å². The first-order chi connectivity index (χ1) is 6.29. The predicted octanol–water partition coefficient (Wildman–Crippen LogP) is 2.10. The Labute approximate surface area is 76.7 Å². The Morgan fingerprint density at radius 3 is 3.08 bits per heavy atom. The third-order valence-electron chi connectivity index (χ3n) is 2.33.